The van der Waals surface area contributed by atoms with E-state index in [9.17, 15) is 40.0 Å². The van der Waals surface area contributed by atoms with Gasteiger partial charge >= 0.3 is 33.5 Å². The third kappa shape index (κ3) is 4.91. The molecule has 0 heterocycles. The van der Waals surface area contributed by atoms with Crippen LogP contribution in [0.25, 0.3) is 10.8 Å². The highest BCUT2D eigenvalue weighted by atomic mass is 32.2. The van der Waals surface area contributed by atoms with Crippen molar-refractivity contribution in [2.75, 3.05) is 0 Å². The Balaban J connectivity index is 2.36. The Morgan fingerprint density at radius 3 is 2.13 bits per heavy atom. The average Bonchev–Trinajstić information content (AvgIpc) is 2.63. The predicted molar refractivity (Wildman–Crippen MR) is 91.5 cm³/mol. The van der Waals surface area contributed by atoms with Gasteiger partial charge in [-0.3, -0.25) is 4.55 Å². The molecule has 2 aromatic rings. The van der Waals surface area contributed by atoms with Gasteiger partial charge in [0.25, 0.3) is 6.10 Å². The zero-order chi connectivity index (χ0) is 22.9. The van der Waals surface area contributed by atoms with Crippen LogP contribution in [0.15, 0.2) is 49.1 Å². The largest absolute Gasteiger partial charge is 0.441 e. The SMILES string of the molecule is C=CC(=O)Oc1ccc2cc(C(=O)OC(C(F)(F)F)C(F)(F)S(=O)(=O)O)ccc2c1. The monoisotopic (exact) mass is 454 g/mol. The first-order chi connectivity index (χ1) is 13.7. The van der Waals surface area contributed by atoms with Gasteiger partial charge in [0.15, 0.2) is 0 Å². The maximum absolute atomic E-state index is 13.5. The Hall–Kier alpha value is -3.06. The zero-order valence-electron chi connectivity index (χ0n) is 14.5. The number of hydrogen-bond donors (Lipinski definition) is 1. The Bertz CT molecular complexity index is 1110. The van der Waals surface area contributed by atoms with E-state index >= 15 is 0 Å². The molecular formula is C17H11F5O7S. The summed E-state index contributed by atoms with van der Waals surface area (Å²) in [4.78, 5) is 23.1. The first-order valence-electron chi connectivity index (χ1n) is 7.67. The van der Waals surface area contributed by atoms with Crippen molar-refractivity contribution in [2.24, 2.45) is 0 Å². The highest BCUT2D eigenvalue weighted by Crippen LogP contribution is 2.38. The zero-order valence-corrected chi connectivity index (χ0v) is 15.3. The number of carbonyl (C=O) groups is 2. The van der Waals surface area contributed by atoms with E-state index in [-0.39, 0.29) is 11.1 Å². The fourth-order valence-electron chi connectivity index (χ4n) is 2.21. The quantitative estimate of drug-likeness (QED) is 0.234. The van der Waals surface area contributed by atoms with Crippen LogP contribution < -0.4 is 4.74 Å². The molecule has 0 aliphatic rings. The lowest BCUT2D eigenvalue weighted by Gasteiger charge is -2.26. The second-order valence-corrected chi connectivity index (χ2v) is 7.21. The van der Waals surface area contributed by atoms with Gasteiger partial charge in [-0.1, -0.05) is 18.7 Å². The van der Waals surface area contributed by atoms with Gasteiger partial charge in [-0.15, -0.1) is 0 Å². The van der Waals surface area contributed by atoms with Crippen LogP contribution in [-0.2, 0) is 19.6 Å². The van der Waals surface area contributed by atoms with E-state index in [4.69, 9.17) is 9.29 Å². The Kier molecular flexibility index (Phi) is 6.18. The van der Waals surface area contributed by atoms with Gasteiger partial charge in [0, 0.05) is 6.08 Å². The molecule has 2 rings (SSSR count). The summed E-state index contributed by atoms with van der Waals surface area (Å²) in [5.74, 6) is -2.58. The van der Waals surface area contributed by atoms with E-state index in [0.29, 0.717) is 5.39 Å². The number of halogens is 5. The van der Waals surface area contributed by atoms with Crippen molar-refractivity contribution in [3.63, 3.8) is 0 Å². The van der Waals surface area contributed by atoms with Gasteiger partial charge in [0.2, 0.25) is 0 Å². The van der Waals surface area contributed by atoms with Crippen molar-refractivity contribution >= 4 is 32.8 Å². The number of esters is 2. The van der Waals surface area contributed by atoms with E-state index in [1.807, 2.05) is 0 Å². The number of ether oxygens (including phenoxy) is 2. The lowest BCUT2D eigenvalue weighted by molar-refractivity contribution is -0.248. The molecule has 0 spiro atoms. The topological polar surface area (TPSA) is 107 Å². The summed E-state index contributed by atoms with van der Waals surface area (Å²) in [5, 5.41) is -5.24. The molecule has 30 heavy (non-hydrogen) atoms. The van der Waals surface area contributed by atoms with Crippen LogP contribution in [-0.4, -0.2) is 42.4 Å². The number of carbonyl (C=O) groups excluding carboxylic acids is 2. The van der Waals surface area contributed by atoms with Crippen LogP contribution in [0.1, 0.15) is 10.4 Å². The lowest BCUT2D eigenvalue weighted by Crippen LogP contribution is -2.52. The van der Waals surface area contributed by atoms with Gasteiger partial charge in [-0.25, -0.2) is 9.59 Å². The molecule has 7 nitrogen and oxygen atoms in total. The minimum Gasteiger partial charge on any atom is -0.441 e. The van der Waals surface area contributed by atoms with Gasteiger partial charge < -0.3 is 9.47 Å². The molecule has 162 valence electrons. The first-order valence-corrected chi connectivity index (χ1v) is 9.11. The van der Waals surface area contributed by atoms with Crippen LogP contribution in [0, 0.1) is 0 Å². The molecule has 1 N–H and O–H groups in total. The predicted octanol–water partition coefficient (Wildman–Crippen LogP) is 3.50. The fraction of sp³-hybridized carbons (Fsp3) is 0.176. The van der Waals surface area contributed by atoms with Gasteiger partial charge in [-0.05, 0) is 35.0 Å². The molecule has 0 fully saturated rings. The third-order valence-electron chi connectivity index (χ3n) is 3.60. The Labute approximate surface area is 165 Å². The summed E-state index contributed by atoms with van der Waals surface area (Å²) in [6.07, 6.45) is -9.54. The molecule has 0 saturated carbocycles. The van der Waals surface area contributed by atoms with Gasteiger partial charge in [0.05, 0.1) is 5.56 Å². The van der Waals surface area contributed by atoms with E-state index in [0.717, 1.165) is 18.2 Å². The van der Waals surface area contributed by atoms with Crippen LogP contribution in [0.5, 0.6) is 5.75 Å². The van der Waals surface area contributed by atoms with Gasteiger partial charge in [-0.2, -0.15) is 30.4 Å². The van der Waals surface area contributed by atoms with E-state index < -0.39 is 45.2 Å². The molecule has 0 radical (unpaired) electrons. The second-order valence-electron chi connectivity index (χ2n) is 5.71. The summed E-state index contributed by atoms with van der Waals surface area (Å²) >= 11 is 0. The third-order valence-corrected chi connectivity index (χ3v) is 4.51. The van der Waals surface area contributed by atoms with E-state index in [1.54, 1.807) is 0 Å². The van der Waals surface area contributed by atoms with Crippen molar-refractivity contribution < 1.29 is 54.0 Å². The van der Waals surface area contributed by atoms with Crippen molar-refractivity contribution in [1.82, 2.24) is 0 Å². The summed E-state index contributed by atoms with van der Waals surface area (Å²) in [5.41, 5.74) is -0.612. The standard InChI is InChI=1S/C17H11F5O7S/c1-2-13(23)28-12-6-5-9-7-11(4-3-10(9)8-12)14(24)29-15(16(18,19)20)17(21,22)30(25,26)27/h2-8,15H,1H2,(H,25,26,27). The molecule has 1 atom stereocenters. The summed E-state index contributed by atoms with van der Waals surface area (Å²) in [7, 11) is -6.54. The fourth-order valence-corrected chi connectivity index (χ4v) is 2.66. The molecule has 1 unspecified atom stereocenters. The van der Waals surface area contributed by atoms with Crippen molar-refractivity contribution in [3.8, 4) is 5.75 Å². The highest BCUT2D eigenvalue weighted by molar-refractivity contribution is 7.86. The first kappa shape index (κ1) is 23.2. The molecule has 13 heteroatoms. The molecule has 0 aromatic heterocycles. The maximum Gasteiger partial charge on any atom is 0.432 e. The Morgan fingerprint density at radius 2 is 1.60 bits per heavy atom. The summed E-state index contributed by atoms with van der Waals surface area (Å²) in [6, 6.07) is 7.03. The number of benzene rings is 2. The molecule has 0 aliphatic heterocycles. The van der Waals surface area contributed by atoms with Crippen molar-refractivity contribution in [2.45, 2.75) is 17.5 Å². The number of alkyl halides is 5. The summed E-state index contributed by atoms with van der Waals surface area (Å²) < 4.78 is 104. The molecule has 0 bridgehead atoms. The van der Waals surface area contributed by atoms with Crippen LogP contribution >= 0.6 is 0 Å². The molecular weight excluding hydrogens is 443 g/mol. The Morgan fingerprint density at radius 1 is 1.03 bits per heavy atom. The van der Waals surface area contributed by atoms with Crippen LogP contribution in [0.3, 0.4) is 0 Å². The molecule has 2 aromatic carbocycles. The normalized spacial score (nSPS) is 13.5. The maximum atomic E-state index is 13.5. The number of rotatable bonds is 6. The molecule has 0 aliphatic carbocycles. The highest BCUT2D eigenvalue weighted by Gasteiger charge is 2.66. The lowest BCUT2D eigenvalue weighted by atomic mass is 10.1. The minimum absolute atomic E-state index is 0.0904. The number of fused-ring (bicyclic) bond motifs is 1. The second kappa shape index (κ2) is 7.99. The smallest absolute Gasteiger partial charge is 0.432 e. The van der Waals surface area contributed by atoms with Crippen molar-refractivity contribution in [1.29, 1.82) is 0 Å². The van der Waals surface area contributed by atoms with E-state index in [1.165, 1.54) is 24.3 Å². The van der Waals surface area contributed by atoms with Crippen LogP contribution in [0.4, 0.5) is 22.0 Å². The van der Waals surface area contributed by atoms with E-state index in [2.05, 4.69) is 11.3 Å². The summed E-state index contributed by atoms with van der Waals surface area (Å²) in [6.45, 7) is 3.21. The van der Waals surface area contributed by atoms with Crippen molar-refractivity contribution in [3.05, 3.63) is 54.6 Å². The molecule has 0 amide bonds. The number of hydrogen-bond acceptors (Lipinski definition) is 6. The van der Waals surface area contributed by atoms with Crippen LogP contribution in [0.2, 0.25) is 0 Å². The molecule has 0 saturated heterocycles. The average molecular weight is 454 g/mol. The van der Waals surface area contributed by atoms with Gasteiger partial charge in [0.1, 0.15) is 5.75 Å². The minimum atomic E-state index is -6.54.